The second-order valence-corrected chi connectivity index (χ2v) is 5.26. The average Bonchev–Trinajstić information content (AvgIpc) is 3.05. The van der Waals surface area contributed by atoms with Crippen molar-refractivity contribution in [1.29, 1.82) is 0 Å². The molecule has 1 aliphatic rings. The zero-order valence-electron chi connectivity index (χ0n) is 12.4. The third-order valence-electron chi connectivity index (χ3n) is 3.99. The van der Waals surface area contributed by atoms with Gasteiger partial charge in [0, 0.05) is 26.6 Å². The number of urea groups is 1. The first kappa shape index (κ1) is 15.3. The molecule has 1 saturated heterocycles. The number of carboxylic acid groups (broad SMARTS) is 1. The van der Waals surface area contributed by atoms with E-state index in [2.05, 4.69) is 15.4 Å². The molecule has 1 atom stereocenters. The predicted molar refractivity (Wildman–Crippen MR) is 74.7 cm³/mol. The molecule has 2 amide bonds. The van der Waals surface area contributed by atoms with Crippen molar-refractivity contribution in [2.24, 2.45) is 7.05 Å². The van der Waals surface area contributed by atoms with Crippen LogP contribution in [-0.4, -0.2) is 55.4 Å². The number of carbonyl (C=O) groups is 2. The lowest BCUT2D eigenvalue weighted by Crippen LogP contribution is -2.55. The van der Waals surface area contributed by atoms with Crippen molar-refractivity contribution >= 4 is 12.0 Å². The van der Waals surface area contributed by atoms with Crippen molar-refractivity contribution in [1.82, 2.24) is 25.0 Å². The molecule has 2 rings (SSSR count). The number of carbonyl (C=O) groups excluding carboxylic acids is 1. The number of aliphatic carboxylic acids is 1. The lowest BCUT2D eigenvalue weighted by molar-refractivity contribution is -0.148. The molecule has 0 saturated carbocycles. The average molecular weight is 295 g/mol. The van der Waals surface area contributed by atoms with Gasteiger partial charge in [0.25, 0.3) is 0 Å². The third kappa shape index (κ3) is 2.98. The number of aryl methyl sites for hydroxylation is 1. The van der Waals surface area contributed by atoms with Crippen molar-refractivity contribution < 1.29 is 14.7 Å². The van der Waals surface area contributed by atoms with Crippen LogP contribution >= 0.6 is 0 Å². The predicted octanol–water partition coefficient (Wildman–Crippen LogP) is 0.396. The largest absolute Gasteiger partial charge is 0.479 e. The second-order valence-electron chi connectivity index (χ2n) is 5.26. The fourth-order valence-corrected chi connectivity index (χ4v) is 2.79. The van der Waals surface area contributed by atoms with Crippen molar-refractivity contribution in [2.45, 2.75) is 38.1 Å². The van der Waals surface area contributed by atoms with Gasteiger partial charge in [-0.3, -0.25) is 4.68 Å². The Hall–Kier alpha value is -2.12. The van der Waals surface area contributed by atoms with Crippen LogP contribution in [0.4, 0.5) is 4.79 Å². The summed E-state index contributed by atoms with van der Waals surface area (Å²) in [6, 6.07) is -0.326. The fourth-order valence-electron chi connectivity index (χ4n) is 2.79. The molecule has 1 aromatic rings. The van der Waals surface area contributed by atoms with E-state index in [-0.39, 0.29) is 6.03 Å². The monoisotopic (exact) mass is 295 g/mol. The van der Waals surface area contributed by atoms with E-state index in [1.54, 1.807) is 25.0 Å². The van der Waals surface area contributed by atoms with E-state index in [1.807, 2.05) is 0 Å². The van der Waals surface area contributed by atoms with E-state index in [0.717, 1.165) is 6.42 Å². The van der Waals surface area contributed by atoms with Crippen LogP contribution < -0.4 is 5.32 Å². The number of amides is 2. The quantitative estimate of drug-likeness (QED) is 0.818. The van der Waals surface area contributed by atoms with Crippen molar-refractivity contribution in [3.8, 4) is 0 Å². The van der Waals surface area contributed by atoms with Crippen molar-refractivity contribution in [3.63, 3.8) is 0 Å². The topological polar surface area (TPSA) is 100 Å². The SMILES string of the molecule is CCC1(C(=O)O)CCCN1C(=O)NCCc1ncn(C)n1. The second kappa shape index (κ2) is 6.11. The molecular formula is C13H21N5O3. The molecule has 0 radical (unpaired) electrons. The van der Waals surface area contributed by atoms with Gasteiger partial charge in [0.15, 0.2) is 5.82 Å². The number of nitrogens with zero attached hydrogens (tertiary/aromatic N) is 4. The standard InChI is InChI=1S/C13H21N5O3/c1-3-13(11(19)20)6-4-8-18(13)12(21)14-7-5-10-15-9-17(2)16-10/h9H,3-8H2,1-2H3,(H,14,21)(H,19,20). The molecule has 2 heterocycles. The number of hydrogen-bond donors (Lipinski definition) is 2. The molecule has 2 N–H and O–H groups in total. The van der Waals surface area contributed by atoms with E-state index >= 15 is 0 Å². The molecule has 1 unspecified atom stereocenters. The minimum atomic E-state index is -1.06. The first-order chi connectivity index (χ1) is 9.99. The molecule has 8 heteroatoms. The van der Waals surface area contributed by atoms with Crippen LogP contribution in [0.3, 0.4) is 0 Å². The molecular weight excluding hydrogens is 274 g/mol. The normalized spacial score (nSPS) is 21.5. The summed E-state index contributed by atoms with van der Waals surface area (Å²) in [5.41, 5.74) is -1.06. The van der Waals surface area contributed by atoms with Gasteiger partial charge in [-0.2, -0.15) is 5.10 Å². The minimum Gasteiger partial charge on any atom is -0.479 e. The van der Waals surface area contributed by atoms with E-state index in [4.69, 9.17) is 0 Å². The van der Waals surface area contributed by atoms with E-state index in [0.29, 0.717) is 38.2 Å². The zero-order valence-corrected chi connectivity index (χ0v) is 12.4. The van der Waals surface area contributed by atoms with Crippen molar-refractivity contribution in [2.75, 3.05) is 13.1 Å². The van der Waals surface area contributed by atoms with Crippen LogP contribution in [-0.2, 0) is 18.3 Å². The summed E-state index contributed by atoms with van der Waals surface area (Å²) >= 11 is 0. The highest BCUT2D eigenvalue weighted by Crippen LogP contribution is 2.32. The minimum absolute atomic E-state index is 0.326. The Morgan fingerprint density at radius 1 is 1.52 bits per heavy atom. The zero-order chi connectivity index (χ0) is 15.5. The highest BCUT2D eigenvalue weighted by Gasteiger charge is 2.48. The fraction of sp³-hybridized carbons (Fsp3) is 0.692. The summed E-state index contributed by atoms with van der Waals surface area (Å²) in [5.74, 6) is -0.275. The van der Waals surface area contributed by atoms with Gasteiger partial charge >= 0.3 is 12.0 Å². The number of nitrogens with one attached hydrogen (secondary N) is 1. The van der Waals surface area contributed by atoms with Crippen LogP contribution in [0.1, 0.15) is 32.0 Å². The maximum absolute atomic E-state index is 12.2. The van der Waals surface area contributed by atoms with E-state index in [1.165, 1.54) is 4.90 Å². The van der Waals surface area contributed by atoms with Gasteiger partial charge in [-0.1, -0.05) is 6.92 Å². The first-order valence-electron chi connectivity index (χ1n) is 7.13. The smallest absolute Gasteiger partial charge is 0.329 e. The molecule has 21 heavy (non-hydrogen) atoms. The first-order valence-corrected chi connectivity index (χ1v) is 7.13. The highest BCUT2D eigenvalue weighted by molar-refractivity contribution is 5.87. The lowest BCUT2D eigenvalue weighted by Gasteiger charge is -2.33. The molecule has 0 aliphatic carbocycles. The number of aromatic nitrogens is 3. The van der Waals surface area contributed by atoms with Crippen LogP contribution in [0.25, 0.3) is 0 Å². The summed E-state index contributed by atoms with van der Waals surface area (Å²) in [4.78, 5) is 29.3. The molecule has 1 aromatic heterocycles. The van der Waals surface area contributed by atoms with Gasteiger partial charge < -0.3 is 15.3 Å². The molecule has 0 aromatic carbocycles. The van der Waals surface area contributed by atoms with Crippen LogP contribution in [0.15, 0.2) is 6.33 Å². The van der Waals surface area contributed by atoms with Crippen LogP contribution in [0.5, 0.6) is 0 Å². The van der Waals surface area contributed by atoms with Gasteiger partial charge in [-0.25, -0.2) is 14.6 Å². The number of carboxylic acids is 1. The van der Waals surface area contributed by atoms with Gasteiger partial charge in [0.1, 0.15) is 11.9 Å². The van der Waals surface area contributed by atoms with E-state index in [9.17, 15) is 14.7 Å². The molecule has 1 aliphatic heterocycles. The summed E-state index contributed by atoms with van der Waals surface area (Å²) in [6.45, 7) is 2.67. The molecule has 116 valence electrons. The van der Waals surface area contributed by atoms with Gasteiger partial charge in [-0.15, -0.1) is 0 Å². The maximum Gasteiger partial charge on any atom is 0.329 e. The molecule has 8 nitrogen and oxygen atoms in total. The number of rotatable bonds is 5. The summed E-state index contributed by atoms with van der Waals surface area (Å²) in [7, 11) is 1.78. The van der Waals surface area contributed by atoms with Crippen molar-refractivity contribution in [3.05, 3.63) is 12.2 Å². The van der Waals surface area contributed by atoms with Crippen LogP contribution in [0, 0.1) is 0 Å². The number of likely N-dealkylation sites (tertiary alicyclic amines) is 1. The Balaban J connectivity index is 1.91. The number of hydrogen-bond acceptors (Lipinski definition) is 4. The highest BCUT2D eigenvalue weighted by atomic mass is 16.4. The Kier molecular flexibility index (Phi) is 4.44. The molecule has 1 fully saturated rings. The summed E-state index contributed by atoms with van der Waals surface area (Å²) < 4.78 is 1.60. The maximum atomic E-state index is 12.2. The van der Waals surface area contributed by atoms with Gasteiger partial charge in [0.2, 0.25) is 0 Å². The van der Waals surface area contributed by atoms with Gasteiger partial charge in [0.05, 0.1) is 0 Å². The molecule has 0 bridgehead atoms. The van der Waals surface area contributed by atoms with E-state index < -0.39 is 11.5 Å². The Morgan fingerprint density at radius 2 is 2.29 bits per heavy atom. The Bertz CT molecular complexity index is 530. The Morgan fingerprint density at radius 3 is 2.86 bits per heavy atom. The third-order valence-corrected chi connectivity index (χ3v) is 3.99. The molecule has 0 spiro atoms. The van der Waals surface area contributed by atoms with Crippen LogP contribution in [0.2, 0.25) is 0 Å². The lowest BCUT2D eigenvalue weighted by atomic mass is 9.93. The van der Waals surface area contributed by atoms with Gasteiger partial charge in [-0.05, 0) is 19.3 Å². The summed E-state index contributed by atoms with van der Waals surface area (Å²) in [6.07, 6.45) is 3.76. The summed E-state index contributed by atoms with van der Waals surface area (Å²) in [5, 5.41) is 16.3. The Labute approximate surface area is 123 Å².